The Labute approximate surface area is 130 Å². The fourth-order valence-electron chi connectivity index (χ4n) is 2.83. The smallest absolute Gasteiger partial charge is 0.223 e. The summed E-state index contributed by atoms with van der Waals surface area (Å²) >= 11 is 0. The summed E-state index contributed by atoms with van der Waals surface area (Å²) in [6.07, 6.45) is 2.10. The summed E-state index contributed by atoms with van der Waals surface area (Å²) in [5.74, 6) is -0.178. The molecule has 3 rings (SSSR count). The molecule has 0 spiro atoms. The average molecular weight is 317 g/mol. The number of nitrogens with zero attached hydrogens (tertiary/aromatic N) is 1. The molecule has 1 aliphatic heterocycles. The molecule has 0 bridgehead atoms. The number of amides is 1. The molecule has 1 fully saturated rings. The minimum atomic E-state index is -3.42. The number of fused-ring (bicyclic) bond motifs is 1. The Morgan fingerprint density at radius 2 is 1.68 bits per heavy atom. The van der Waals surface area contributed by atoms with Crippen LogP contribution < -0.4 is 0 Å². The van der Waals surface area contributed by atoms with Crippen molar-refractivity contribution in [3.8, 4) is 0 Å². The number of benzene rings is 2. The maximum Gasteiger partial charge on any atom is 0.223 e. The first-order valence-electron chi connectivity index (χ1n) is 7.56. The van der Waals surface area contributed by atoms with E-state index in [4.69, 9.17) is 0 Å². The average Bonchev–Trinajstić information content (AvgIpc) is 3.07. The zero-order valence-electron chi connectivity index (χ0n) is 12.4. The third kappa shape index (κ3) is 3.14. The van der Waals surface area contributed by atoms with E-state index in [9.17, 15) is 13.2 Å². The summed E-state index contributed by atoms with van der Waals surface area (Å²) in [5.41, 5.74) is 0. The fourth-order valence-corrected chi connectivity index (χ4v) is 4.09. The van der Waals surface area contributed by atoms with Crippen molar-refractivity contribution in [3.63, 3.8) is 0 Å². The van der Waals surface area contributed by atoms with Gasteiger partial charge in [0.05, 0.1) is 10.6 Å². The predicted octanol–water partition coefficient (Wildman–Crippen LogP) is 2.63. The van der Waals surface area contributed by atoms with E-state index in [1.807, 2.05) is 30.3 Å². The van der Waals surface area contributed by atoms with Gasteiger partial charge in [-0.3, -0.25) is 4.79 Å². The molecule has 1 saturated heterocycles. The number of carbonyl (C=O) groups excluding carboxylic acids is 1. The van der Waals surface area contributed by atoms with E-state index in [0.29, 0.717) is 4.90 Å². The molecule has 0 radical (unpaired) electrons. The number of rotatable bonds is 4. The SMILES string of the molecule is O=C(CCS(=O)(=O)c1ccc2ccccc2c1)N1CCCC1. The van der Waals surface area contributed by atoms with Crippen molar-refractivity contribution in [3.05, 3.63) is 42.5 Å². The first kappa shape index (κ1) is 15.0. The zero-order valence-corrected chi connectivity index (χ0v) is 13.2. The van der Waals surface area contributed by atoms with Gasteiger partial charge >= 0.3 is 0 Å². The largest absolute Gasteiger partial charge is 0.343 e. The second-order valence-electron chi connectivity index (χ2n) is 5.67. The van der Waals surface area contributed by atoms with Crippen molar-refractivity contribution in [1.82, 2.24) is 4.90 Å². The van der Waals surface area contributed by atoms with E-state index < -0.39 is 9.84 Å². The standard InChI is InChI=1S/C17H19NO3S/c19-17(18-10-3-4-11-18)9-12-22(20,21)16-8-7-14-5-1-2-6-15(14)13-16/h1-2,5-8,13H,3-4,9-12H2. The summed E-state index contributed by atoms with van der Waals surface area (Å²) in [6.45, 7) is 1.52. The minimum absolute atomic E-state index is 0.0538. The van der Waals surface area contributed by atoms with Gasteiger partial charge in [-0.2, -0.15) is 0 Å². The van der Waals surface area contributed by atoms with Gasteiger partial charge in [0, 0.05) is 19.5 Å². The third-order valence-corrected chi connectivity index (χ3v) is 5.84. The van der Waals surface area contributed by atoms with Crippen LogP contribution in [0.15, 0.2) is 47.4 Å². The van der Waals surface area contributed by atoms with E-state index in [-0.39, 0.29) is 18.1 Å². The van der Waals surface area contributed by atoms with E-state index in [2.05, 4.69) is 0 Å². The molecule has 0 saturated carbocycles. The molecule has 0 unspecified atom stereocenters. The van der Waals surface area contributed by atoms with Gasteiger partial charge in [0.25, 0.3) is 0 Å². The van der Waals surface area contributed by atoms with Crippen LogP contribution in [0.25, 0.3) is 10.8 Å². The Morgan fingerprint density at radius 1 is 1.00 bits per heavy atom. The van der Waals surface area contributed by atoms with Crippen molar-refractivity contribution < 1.29 is 13.2 Å². The van der Waals surface area contributed by atoms with Crippen molar-refractivity contribution in [2.45, 2.75) is 24.2 Å². The molecule has 0 atom stereocenters. The molecule has 0 aliphatic carbocycles. The molecule has 2 aromatic carbocycles. The number of hydrogen-bond acceptors (Lipinski definition) is 3. The van der Waals surface area contributed by atoms with Gasteiger partial charge in [-0.05, 0) is 35.7 Å². The molecule has 0 N–H and O–H groups in total. The Kier molecular flexibility index (Phi) is 4.16. The molecule has 1 amide bonds. The Morgan fingerprint density at radius 3 is 2.41 bits per heavy atom. The van der Waals surface area contributed by atoms with Gasteiger partial charge in [-0.25, -0.2) is 8.42 Å². The van der Waals surface area contributed by atoms with Gasteiger partial charge < -0.3 is 4.90 Å². The van der Waals surface area contributed by atoms with Crippen LogP contribution in [0.2, 0.25) is 0 Å². The Hall–Kier alpha value is -1.88. The molecule has 1 heterocycles. The fraction of sp³-hybridized carbons (Fsp3) is 0.353. The molecule has 116 valence electrons. The lowest BCUT2D eigenvalue weighted by Gasteiger charge is -2.15. The monoisotopic (exact) mass is 317 g/mol. The summed E-state index contributed by atoms with van der Waals surface area (Å²) < 4.78 is 24.8. The van der Waals surface area contributed by atoms with E-state index in [1.54, 1.807) is 17.0 Å². The van der Waals surface area contributed by atoms with Crippen LogP contribution in [0.5, 0.6) is 0 Å². The number of hydrogen-bond donors (Lipinski definition) is 0. The summed E-state index contributed by atoms with van der Waals surface area (Å²) in [6, 6.07) is 12.8. The maximum absolute atomic E-state index is 12.4. The minimum Gasteiger partial charge on any atom is -0.343 e. The second kappa shape index (κ2) is 6.08. The summed E-state index contributed by atoms with van der Waals surface area (Å²) in [4.78, 5) is 14.0. The van der Waals surface area contributed by atoms with Gasteiger partial charge in [0.15, 0.2) is 9.84 Å². The number of likely N-dealkylation sites (tertiary alicyclic amines) is 1. The van der Waals surface area contributed by atoms with E-state index >= 15 is 0 Å². The van der Waals surface area contributed by atoms with Crippen LogP contribution in [-0.2, 0) is 14.6 Å². The van der Waals surface area contributed by atoms with Crippen LogP contribution in [-0.4, -0.2) is 38.1 Å². The van der Waals surface area contributed by atoms with Crippen molar-refractivity contribution >= 4 is 26.5 Å². The maximum atomic E-state index is 12.4. The topological polar surface area (TPSA) is 54.5 Å². The number of sulfone groups is 1. The van der Waals surface area contributed by atoms with Gasteiger partial charge in [-0.1, -0.05) is 30.3 Å². The van der Waals surface area contributed by atoms with Crippen LogP contribution in [0.4, 0.5) is 0 Å². The third-order valence-electron chi connectivity index (χ3n) is 4.12. The van der Waals surface area contributed by atoms with Crippen LogP contribution in [0, 0.1) is 0 Å². The predicted molar refractivity (Wildman–Crippen MR) is 86.4 cm³/mol. The Balaban J connectivity index is 1.74. The van der Waals surface area contributed by atoms with Gasteiger partial charge in [-0.15, -0.1) is 0 Å². The molecule has 2 aromatic rings. The van der Waals surface area contributed by atoms with E-state index in [1.165, 1.54) is 0 Å². The Bertz CT molecular complexity index is 792. The zero-order chi connectivity index (χ0) is 15.6. The second-order valence-corrected chi connectivity index (χ2v) is 7.77. The first-order valence-corrected chi connectivity index (χ1v) is 9.21. The summed E-state index contributed by atoms with van der Waals surface area (Å²) in [5, 5.41) is 1.91. The van der Waals surface area contributed by atoms with Crippen LogP contribution in [0.1, 0.15) is 19.3 Å². The molecule has 4 nitrogen and oxygen atoms in total. The van der Waals surface area contributed by atoms with Gasteiger partial charge in [0.1, 0.15) is 0 Å². The van der Waals surface area contributed by atoms with Crippen molar-refractivity contribution in [1.29, 1.82) is 0 Å². The molecule has 1 aliphatic rings. The lowest BCUT2D eigenvalue weighted by Crippen LogP contribution is -2.29. The molecule has 22 heavy (non-hydrogen) atoms. The molecular formula is C17H19NO3S. The normalized spacial score (nSPS) is 15.4. The highest BCUT2D eigenvalue weighted by Gasteiger charge is 2.21. The highest BCUT2D eigenvalue weighted by molar-refractivity contribution is 7.91. The van der Waals surface area contributed by atoms with Crippen LogP contribution >= 0.6 is 0 Å². The van der Waals surface area contributed by atoms with Gasteiger partial charge in [0.2, 0.25) is 5.91 Å². The molecule has 5 heteroatoms. The lowest BCUT2D eigenvalue weighted by molar-refractivity contribution is -0.129. The van der Waals surface area contributed by atoms with Crippen molar-refractivity contribution in [2.24, 2.45) is 0 Å². The van der Waals surface area contributed by atoms with Crippen LogP contribution in [0.3, 0.4) is 0 Å². The van der Waals surface area contributed by atoms with E-state index in [0.717, 1.165) is 36.7 Å². The molecule has 0 aromatic heterocycles. The summed E-state index contributed by atoms with van der Waals surface area (Å²) in [7, 11) is -3.42. The number of carbonyl (C=O) groups is 1. The molecular weight excluding hydrogens is 298 g/mol. The first-order chi connectivity index (χ1) is 10.6. The highest BCUT2D eigenvalue weighted by atomic mass is 32.2. The highest BCUT2D eigenvalue weighted by Crippen LogP contribution is 2.20. The lowest BCUT2D eigenvalue weighted by atomic mass is 10.1. The quantitative estimate of drug-likeness (QED) is 0.871. The van der Waals surface area contributed by atoms with Crippen molar-refractivity contribution in [2.75, 3.05) is 18.8 Å².